The van der Waals surface area contributed by atoms with Crippen molar-refractivity contribution >= 4 is 0 Å². The fraction of sp³-hybridized carbons (Fsp3) is 0.385. The largest absolute Gasteiger partial charge is 0.390 e. The summed E-state index contributed by atoms with van der Waals surface area (Å²) in [6, 6.07) is 9.92. The normalized spacial score (nSPS) is 14.5. The SMILES string of the molecule is C=C[C@H](C)[C@H](O)COCc1ccccc1. The number of aliphatic hydroxyl groups is 1. The van der Waals surface area contributed by atoms with E-state index in [0.29, 0.717) is 13.2 Å². The molecule has 0 bridgehead atoms. The molecule has 0 saturated carbocycles. The molecule has 0 heterocycles. The smallest absolute Gasteiger partial charge is 0.0833 e. The lowest BCUT2D eigenvalue weighted by Gasteiger charge is -2.15. The van der Waals surface area contributed by atoms with E-state index in [2.05, 4.69) is 6.58 Å². The Balaban J connectivity index is 2.25. The Hall–Kier alpha value is -1.12. The molecule has 0 saturated heterocycles. The van der Waals surface area contributed by atoms with Gasteiger partial charge in [-0.25, -0.2) is 0 Å². The highest BCUT2D eigenvalue weighted by Crippen LogP contribution is 2.06. The molecular formula is C13H18O2. The van der Waals surface area contributed by atoms with Crippen molar-refractivity contribution in [2.24, 2.45) is 5.92 Å². The van der Waals surface area contributed by atoms with E-state index in [4.69, 9.17) is 4.74 Å². The summed E-state index contributed by atoms with van der Waals surface area (Å²) in [6.45, 7) is 6.45. The van der Waals surface area contributed by atoms with Crippen LogP contribution in [0.2, 0.25) is 0 Å². The molecule has 0 spiro atoms. The van der Waals surface area contributed by atoms with Crippen molar-refractivity contribution in [2.45, 2.75) is 19.6 Å². The number of aliphatic hydroxyl groups excluding tert-OH is 1. The lowest BCUT2D eigenvalue weighted by molar-refractivity contribution is 0.0118. The van der Waals surface area contributed by atoms with Crippen LogP contribution in [0.3, 0.4) is 0 Å². The average molecular weight is 206 g/mol. The van der Waals surface area contributed by atoms with Crippen molar-refractivity contribution in [3.63, 3.8) is 0 Å². The van der Waals surface area contributed by atoms with Gasteiger partial charge in [0.2, 0.25) is 0 Å². The van der Waals surface area contributed by atoms with Crippen molar-refractivity contribution in [2.75, 3.05) is 6.61 Å². The van der Waals surface area contributed by atoms with E-state index in [1.165, 1.54) is 0 Å². The van der Waals surface area contributed by atoms with Gasteiger partial charge in [0.05, 0.1) is 19.3 Å². The Morgan fingerprint density at radius 3 is 2.67 bits per heavy atom. The van der Waals surface area contributed by atoms with Crippen LogP contribution in [0, 0.1) is 5.92 Å². The molecule has 1 rings (SSSR count). The van der Waals surface area contributed by atoms with E-state index in [-0.39, 0.29) is 5.92 Å². The van der Waals surface area contributed by atoms with E-state index in [1.807, 2.05) is 37.3 Å². The summed E-state index contributed by atoms with van der Waals surface area (Å²) in [5, 5.41) is 9.60. The van der Waals surface area contributed by atoms with Gasteiger partial charge >= 0.3 is 0 Å². The molecule has 0 fully saturated rings. The van der Waals surface area contributed by atoms with Crippen molar-refractivity contribution in [1.82, 2.24) is 0 Å². The van der Waals surface area contributed by atoms with Crippen LogP contribution in [0.5, 0.6) is 0 Å². The molecule has 1 aromatic carbocycles. The van der Waals surface area contributed by atoms with Crippen LogP contribution in [0.25, 0.3) is 0 Å². The predicted molar refractivity (Wildman–Crippen MR) is 61.5 cm³/mol. The van der Waals surface area contributed by atoms with Gasteiger partial charge in [-0.3, -0.25) is 0 Å². The van der Waals surface area contributed by atoms with Gasteiger partial charge in [0.25, 0.3) is 0 Å². The fourth-order valence-electron chi connectivity index (χ4n) is 1.18. The molecule has 0 unspecified atom stereocenters. The summed E-state index contributed by atoms with van der Waals surface area (Å²) in [4.78, 5) is 0. The van der Waals surface area contributed by atoms with E-state index in [9.17, 15) is 5.11 Å². The number of benzene rings is 1. The Morgan fingerprint density at radius 1 is 1.40 bits per heavy atom. The van der Waals surface area contributed by atoms with Crippen LogP contribution >= 0.6 is 0 Å². The monoisotopic (exact) mass is 206 g/mol. The Bertz CT molecular complexity index is 282. The average Bonchev–Trinajstić information content (AvgIpc) is 2.29. The third-order valence-corrected chi connectivity index (χ3v) is 2.38. The maximum Gasteiger partial charge on any atom is 0.0833 e. The topological polar surface area (TPSA) is 29.5 Å². The highest BCUT2D eigenvalue weighted by Gasteiger charge is 2.10. The van der Waals surface area contributed by atoms with E-state index in [1.54, 1.807) is 6.08 Å². The zero-order valence-corrected chi connectivity index (χ0v) is 9.10. The van der Waals surface area contributed by atoms with Crippen LogP contribution in [0.1, 0.15) is 12.5 Å². The molecule has 0 amide bonds. The Morgan fingerprint density at radius 2 is 2.07 bits per heavy atom. The molecule has 2 atom stereocenters. The molecule has 2 heteroatoms. The Kier molecular flexibility index (Phi) is 5.08. The lowest BCUT2D eigenvalue weighted by Crippen LogP contribution is -2.22. The summed E-state index contributed by atoms with van der Waals surface area (Å²) in [6.07, 6.45) is 1.27. The minimum absolute atomic E-state index is 0.0702. The fourth-order valence-corrected chi connectivity index (χ4v) is 1.18. The second-order valence-electron chi connectivity index (χ2n) is 3.66. The second-order valence-corrected chi connectivity index (χ2v) is 3.66. The van der Waals surface area contributed by atoms with Crippen molar-refractivity contribution in [3.8, 4) is 0 Å². The van der Waals surface area contributed by atoms with Gasteiger partial charge < -0.3 is 9.84 Å². The second kappa shape index (κ2) is 6.38. The van der Waals surface area contributed by atoms with Crippen molar-refractivity contribution in [1.29, 1.82) is 0 Å². The summed E-state index contributed by atoms with van der Waals surface area (Å²) in [5.74, 6) is 0.0702. The van der Waals surface area contributed by atoms with Crippen molar-refractivity contribution in [3.05, 3.63) is 48.6 Å². The number of rotatable bonds is 6. The molecule has 0 aliphatic heterocycles. The number of hydrogen-bond acceptors (Lipinski definition) is 2. The quantitative estimate of drug-likeness (QED) is 0.724. The first kappa shape index (κ1) is 12.0. The first-order valence-corrected chi connectivity index (χ1v) is 5.16. The maximum atomic E-state index is 9.60. The maximum absolute atomic E-state index is 9.60. The van der Waals surface area contributed by atoms with Crippen LogP contribution in [-0.2, 0) is 11.3 Å². The molecule has 0 aliphatic carbocycles. The molecule has 1 aromatic rings. The number of ether oxygens (including phenoxy) is 1. The first-order chi connectivity index (χ1) is 7.24. The van der Waals surface area contributed by atoms with Gasteiger partial charge in [0, 0.05) is 5.92 Å². The third-order valence-electron chi connectivity index (χ3n) is 2.38. The van der Waals surface area contributed by atoms with Crippen LogP contribution in [-0.4, -0.2) is 17.8 Å². The van der Waals surface area contributed by atoms with Crippen LogP contribution in [0.4, 0.5) is 0 Å². The zero-order valence-electron chi connectivity index (χ0n) is 9.10. The third kappa shape index (κ3) is 4.28. The number of hydrogen-bond donors (Lipinski definition) is 1. The predicted octanol–water partition coefficient (Wildman–Crippen LogP) is 2.39. The minimum atomic E-state index is -0.466. The van der Waals surface area contributed by atoms with E-state index in [0.717, 1.165) is 5.56 Å². The van der Waals surface area contributed by atoms with Crippen LogP contribution in [0.15, 0.2) is 43.0 Å². The molecular weight excluding hydrogens is 188 g/mol. The summed E-state index contributed by atoms with van der Waals surface area (Å²) in [5.41, 5.74) is 1.12. The first-order valence-electron chi connectivity index (χ1n) is 5.16. The molecule has 1 N–H and O–H groups in total. The van der Waals surface area contributed by atoms with Gasteiger partial charge in [-0.1, -0.05) is 43.3 Å². The molecule has 2 nitrogen and oxygen atoms in total. The summed E-state index contributed by atoms with van der Waals surface area (Å²) < 4.78 is 5.41. The van der Waals surface area contributed by atoms with Gasteiger partial charge in [-0.05, 0) is 5.56 Å². The molecule has 0 aliphatic rings. The highest BCUT2D eigenvalue weighted by molar-refractivity contribution is 5.13. The molecule has 82 valence electrons. The van der Waals surface area contributed by atoms with Crippen molar-refractivity contribution < 1.29 is 9.84 Å². The standard InChI is InChI=1S/C13H18O2/c1-3-11(2)13(14)10-15-9-12-7-5-4-6-8-12/h3-8,11,13-14H,1,9-10H2,2H3/t11-,13+/m0/s1. The summed E-state index contributed by atoms with van der Waals surface area (Å²) in [7, 11) is 0. The minimum Gasteiger partial charge on any atom is -0.390 e. The van der Waals surface area contributed by atoms with Gasteiger partial charge in [-0.15, -0.1) is 6.58 Å². The highest BCUT2D eigenvalue weighted by atomic mass is 16.5. The van der Waals surface area contributed by atoms with Crippen LogP contribution < -0.4 is 0 Å². The molecule has 0 radical (unpaired) electrons. The van der Waals surface area contributed by atoms with E-state index < -0.39 is 6.10 Å². The van der Waals surface area contributed by atoms with E-state index >= 15 is 0 Å². The van der Waals surface area contributed by atoms with Gasteiger partial charge in [-0.2, -0.15) is 0 Å². The Labute approximate surface area is 91.2 Å². The molecule has 0 aromatic heterocycles. The van der Waals surface area contributed by atoms with Gasteiger partial charge in [0.15, 0.2) is 0 Å². The lowest BCUT2D eigenvalue weighted by atomic mass is 10.1. The molecule has 15 heavy (non-hydrogen) atoms. The zero-order chi connectivity index (χ0) is 11.1. The summed E-state index contributed by atoms with van der Waals surface area (Å²) >= 11 is 0. The van der Waals surface area contributed by atoms with Gasteiger partial charge in [0.1, 0.15) is 0 Å².